The molecule has 0 amide bonds. The van der Waals surface area contributed by atoms with Crippen LogP contribution in [0.3, 0.4) is 0 Å². The molecule has 0 saturated carbocycles. The summed E-state index contributed by atoms with van der Waals surface area (Å²) in [6, 6.07) is 0. The minimum atomic E-state index is -0.781. The Morgan fingerprint density at radius 1 is 1.73 bits per heavy atom. The van der Waals surface area contributed by atoms with E-state index in [1.54, 1.807) is 0 Å². The summed E-state index contributed by atoms with van der Waals surface area (Å²) >= 11 is 3.18. The van der Waals surface area contributed by atoms with E-state index in [1.165, 1.54) is 0 Å². The van der Waals surface area contributed by atoms with Gasteiger partial charge in [0.1, 0.15) is 11.4 Å². The van der Waals surface area contributed by atoms with E-state index in [0.717, 1.165) is 0 Å². The molecule has 0 aliphatic carbocycles. The van der Waals surface area contributed by atoms with Gasteiger partial charge in [-0.1, -0.05) is 36.7 Å². The van der Waals surface area contributed by atoms with E-state index in [0.29, 0.717) is 13.0 Å². The molecule has 1 aliphatic rings. The van der Waals surface area contributed by atoms with Gasteiger partial charge < -0.3 is 9.47 Å². The second-order valence-corrected chi connectivity index (χ2v) is 5.39. The second-order valence-electron chi connectivity index (χ2n) is 4.29. The molecule has 0 aromatic heterocycles. The van der Waals surface area contributed by atoms with Crippen molar-refractivity contribution in [3.63, 3.8) is 0 Å². The molecule has 86 valence electrons. The predicted molar refractivity (Wildman–Crippen MR) is 57.6 cm³/mol. The summed E-state index contributed by atoms with van der Waals surface area (Å²) in [4.78, 5) is 22.4. The zero-order valence-corrected chi connectivity index (χ0v) is 10.7. The zero-order valence-electron chi connectivity index (χ0n) is 9.08. The van der Waals surface area contributed by atoms with Gasteiger partial charge in [0.25, 0.3) is 0 Å². The van der Waals surface area contributed by atoms with Crippen LogP contribution >= 0.6 is 15.9 Å². The highest BCUT2D eigenvalue weighted by Gasteiger charge is 2.46. The molecule has 0 N–H and O–H groups in total. The molecule has 2 atom stereocenters. The third kappa shape index (κ3) is 2.71. The summed E-state index contributed by atoms with van der Waals surface area (Å²) in [5.41, 5.74) is -0.437. The molecule has 0 aromatic rings. The second kappa shape index (κ2) is 4.51. The lowest BCUT2D eigenvalue weighted by atomic mass is 9.90. The van der Waals surface area contributed by atoms with E-state index in [1.807, 2.05) is 20.8 Å². The number of hydrogen-bond acceptors (Lipinski definition) is 4. The number of rotatable bonds is 3. The topological polar surface area (TPSA) is 52.6 Å². The summed E-state index contributed by atoms with van der Waals surface area (Å²) < 4.78 is 9.99. The van der Waals surface area contributed by atoms with E-state index in [4.69, 9.17) is 9.47 Å². The van der Waals surface area contributed by atoms with Crippen molar-refractivity contribution in [3.05, 3.63) is 0 Å². The molecule has 0 spiro atoms. The predicted octanol–water partition coefficient (Wildman–Crippen LogP) is 1.65. The minimum absolute atomic E-state index is 0.295. The van der Waals surface area contributed by atoms with Gasteiger partial charge in [-0.3, -0.25) is 4.79 Å². The van der Waals surface area contributed by atoms with Crippen molar-refractivity contribution < 1.29 is 19.1 Å². The van der Waals surface area contributed by atoms with Crippen LogP contribution in [0.15, 0.2) is 0 Å². The number of halogens is 1. The van der Waals surface area contributed by atoms with Gasteiger partial charge in [-0.15, -0.1) is 0 Å². The van der Waals surface area contributed by atoms with Gasteiger partial charge in [0, 0.05) is 5.41 Å². The lowest BCUT2D eigenvalue weighted by Gasteiger charge is -2.22. The van der Waals surface area contributed by atoms with Crippen molar-refractivity contribution in [2.24, 2.45) is 5.41 Å². The van der Waals surface area contributed by atoms with E-state index >= 15 is 0 Å². The Morgan fingerprint density at radius 2 is 2.33 bits per heavy atom. The van der Waals surface area contributed by atoms with Crippen molar-refractivity contribution in [1.82, 2.24) is 0 Å². The van der Waals surface area contributed by atoms with Crippen LogP contribution in [-0.4, -0.2) is 29.5 Å². The van der Waals surface area contributed by atoms with Gasteiger partial charge in [-0.25, -0.2) is 4.79 Å². The van der Waals surface area contributed by atoms with E-state index in [-0.39, 0.29) is 4.83 Å². The Bertz CT molecular complexity index is 275. The minimum Gasteiger partial charge on any atom is -0.462 e. The summed E-state index contributed by atoms with van der Waals surface area (Å²) in [7, 11) is 0. The molecular weight excluding hydrogens is 264 g/mol. The molecule has 1 aliphatic heterocycles. The molecular formula is C10H15BrO4. The van der Waals surface area contributed by atoms with E-state index in [9.17, 15) is 9.59 Å². The standard InChI is InChI=1S/C10H15BrO4/c1-4-6(11)8(12)15-7-9(13)14-5-10(7,2)3/h6-7H,4-5H2,1-3H3/t6-,7+/m1/s1. The molecule has 15 heavy (non-hydrogen) atoms. The average molecular weight is 279 g/mol. The highest BCUT2D eigenvalue weighted by atomic mass is 79.9. The van der Waals surface area contributed by atoms with Crippen LogP contribution in [0, 0.1) is 5.41 Å². The van der Waals surface area contributed by atoms with Crippen LogP contribution in [0.5, 0.6) is 0 Å². The lowest BCUT2D eigenvalue weighted by molar-refractivity contribution is -0.162. The molecule has 0 bridgehead atoms. The largest absolute Gasteiger partial charge is 0.462 e. The Balaban J connectivity index is 2.64. The van der Waals surface area contributed by atoms with Crippen molar-refractivity contribution in [1.29, 1.82) is 0 Å². The first-order valence-electron chi connectivity index (χ1n) is 4.89. The van der Waals surface area contributed by atoms with E-state index in [2.05, 4.69) is 15.9 Å². The molecule has 1 heterocycles. The fraction of sp³-hybridized carbons (Fsp3) is 0.800. The Morgan fingerprint density at radius 3 is 2.73 bits per heavy atom. The fourth-order valence-electron chi connectivity index (χ4n) is 1.29. The third-order valence-corrected chi connectivity index (χ3v) is 3.38. The SMILES string of the molecule is CC[C@@H](Br)C(=O)O[C@H]1C(=O)OCC1(C)C. The smallest absolute Gasteiger partial charge is 0.348 e. The lowest BCUT2D eigenvalue weighted by Crippen LogP contribution is -2.36. The van der Waals surface area contributed by atoms with Crippen LogP contribution < -0.4 is 0 Å². The fourth-order valence-corrected chi connectivity index (χ4v) is 1.40. The molecule has 1 rings (SSSR count). The van der Waals surface area contributed by atoms with Gasteiger partial charge in [0.2, 0.25) is 6.10 Å². The summed E-state index contributed by atoms with van der Waals surface area (Å²) in [6.07, 6.45) is -0.155. The first kappa shape index (κ1) is 12.5. The van der Waals surface area contributed by atoms with Crippen LogP contribution in [0.1, 0.15) is 27.2 Å². The van der Waals surface area contributed by atoms with E-state index < -0.39 is 23.5 Å². The van der Waals surface area contributed by atoms with Crippen LogP contribution in [0.25, 0.3) is 0 Å². The third-order valence-electron chi connectivity index (χ3n) is 2.36. The summed E-state index contributed by atoms with van der Waals surface area (Å²) in [5.74, 6) is -0.862. The highest BCUT2D eigenvalue weighted by molar-refractivity contribution is 9.10. The molecule has 0 aromatic carbocycles. The van der Waals surface area contributed by atoms with Gasteiger partial charge in [-0.2, -0.15) is 0 Å². The monoisotopic (exact) mass is 278 g/mol. The molecule has 1 fully saturated rings. The number of carbonyl (C=O) groups excluding carboxylic acids is 2. The number of cyclic esters (lactones) is 1. The average Bonchev–Trinajstić information content (AvgIpc) is 2.43. The Hall–Kier alpha value is -0.580. The number of carbonyl (C=O) groups is 2. The van der Waals surface area contributed by atoms with Gasteiger partial charge in [-0.05, 0) is 6.42 Å². The number of alkyl halides is 1. The highest BCUT2D eigenvalue weighted by Crippen LogP contribution is 2.31. The maximum absolute atomic E-state index is 11.5. The van der Waals surface area contributed by atoms with Crippen LogP contribution in [-0.2, 0) is 19.1 Å². The number of esters is 2. The van der Waals surface area contributed by atoms with Crippen molar-refractivity contribution in [3.8, 4) is 0 Å². The van der Waals surface area contributed by atoms with Crippen molar-refractivity contribution in [2.45, 2.75) is 38.1 Å². The maximum Gasteiger partial charge on any atom is 0.348 e. The van der Waals surface area contributed by atoms with Crippen molar-refractivity contribution >= 4 is 27.9 Å². The first-order valence-corrected chi connectivity index (χ1v) is 5.81. The number of hydrogen-bond donors (Lipinski definition) is 0. The maximum atomic E-state index is 11.5. The molecule has 1 saturated heterocycles. The summed E-state index contributed by atoms with van der Waals surface area (Å²) in [6.45, 7) is 5.83. The van der Waals surface area contributed by atoms with Crippen LogP contribution in [0.2, 0.25) is 0 Å². The van der Waals surface area contributed by atoms with Gasteiger partial charge in [0.05, 0.1) is 0 Å². The first-order chi connectivity index (χ1) is 6.88. The summed E-state index contributed by atoms with van der Waals surface area (Å²) in [5, 5.41) is 0. The molecule has 0 radical (unpaired) electrons. The van der Waals surface area contributed by atoms with Gasteiger partial charge >= 0.3 is 11.9 Å². The zero-order chi connectivity index (χ0) is 11.6. The molecule has 0 unspecified atom stereocenters. The Labute approximate surface area is 97.4 Å². The quantitative estimate of drug-likeness (QED) is 0.582. The molecule has 4 nitrogen and oxygen atoms in total. The van der Waals surface area contributed by atoms with Crippen LogP contribution in [0.4, 0.5) is 0 Å². The van der Waals surface area contributed by atoms with Gasteiger partial charge in [0.15, 0.2) is 0 Å². The normalized spacial score (nSPS) is 25.9. The van der Waals surface area contributed by atoms with Crippen molar-refractivity contribution in [2.75, 3.05) is 6.61 Å². The number of ether oxygens (including phenoxy) is 2. The Kier molecular flexibility index (Phi) is 3.76. The molecule has 5 heteroatoms.